The van der Waals surface area contributed by atoms with Gasteiger partial charge in [0.15, 0.2) is 0 Å². The molecule has 1 fully saturated rings. The number of hydrogen-bond acceptors (Lipinski definition) is 4. The van der Waals surface area contributed by atoms with E-state index in [4.69, 9.17) is 4.74 Å². The summed E-state index contributed by atoms with van der Waals surface area (Å²) in [6, 6.07) is 5.51. The number of amides is 1. The number of carbonyl (C=O) groups excluding carboxylic acids is 1. The minimum absolute atomic E-state index is 0.0729. The van der Waals surface area contributed by atoms with Crippen molar-refractivity contribution in [2.45, 2.75) is 32.4 Å². The number of benzene rings is 1. The predicted octanol–water partition coefficient (Wildman–Crippen LogP) is 2.17. The number of H-pyrrole nitrogens is 1. The molecule has 1 aliphatic rings. The van der Waals surface area contributed by atoms with Crippen LogP contribution in [-0.2, 0) is 11.8 Å². The maximum absolute atomic E-state index is 12.8. The lowest BCUT2D eigenvalue weighted by Crippen LogP contribution is -2.37. The highest BCUT2D eigenvalue weighted by molar-refractivity contribution is 6.06. The van der Waals surface area contributed by atoms with Crippen LogP contribution in [0.3, 0.4) is 0 Å². The first-order valence-electron chi connectivity index (χ1n) is 8.41. The molecule has 3 aromatic rings. The van der Waals surface area contributed by atoms with Crippen molar-refractivity contribution in [1.82, 2.24) is 25.3 Å². The molecule has 3 heterocycles. The van der Waals surface area contributed by atoms with Crippen molar-refractivity contribution in [3.63, 3.8) is 0 Å². The Labute approximate surface area is 145 Å². The van der Waals surface area contributed by atoms with Gasteiger partial charge in [-0.15, -0.1) is 0 Å². The third-order valence-corrected chi connectivity index (χ3v) is 4.99. The Morgan fingerprint density at radius 3 is 3.00 bits per heavy atom. The Kier molecular flexibility index (Phi) is 3.80. The second kappa shape index (κ2) is 6.00. The molecule has 0 aliphatic carbocycles. The Morgan fingerprint density at radius 2 is 2.24 bits per heavy atom. The molecule has 130 valence electrons. The SMILES string of the molecule is Cc1nn(C)c(C)c1[C@H]1OCC[C@@H]1NC(=O)c1cccc2[nH]ncc12. The predicted molar refractivity (Wildman–Crippen MR) is 93.3 cm³/mol. The van der Waals surface area contributed by atoms with Gasteiger partial charge >= 0.3 is 0 Å². The number of aromatic nitrogens is 4. The number of rotatable bonds is 3. The molecular weight excluding hydrogens is 318 g/mol. The van der Waals surface area contributed by atoms with Crippen LogP contribution in [0.1, 0.15) is 39.8 Å². The Bertz CT molecular complexity index is 942. The van der Waals surface area contributed by atoms with Crippen molar-refractivity contribution in [3.05, 3.63) is 46.9 Å². The zero-order valence-corrected chi connectivity index (χ0v) is 14.5. The van der Waals surface area contributed by atoms with Crippen molar-refractivity contribution in [3.8, 4) is 0 Å². The van der Waals surface area contributed by atoms with Gasteiger partial charge in [-0.25, -0.2) is 0 Å². The Morgan fingerprint density at radius 1 is 1.40 bits per heavy atom. The molecule has 2 atom stereocenters. The number of nitrogens with one attached hydrogen (secondary N) is 2. The molecule has 4 rings (SSSR count). The monoisotopic (exact) mass is 339 g/mol. The largest absolute Gasteiger partial charge is 0.371 e. The molecule has 0 spiro atoms. The third-order valence-electron chi connectivity index (χ3n) is 4.99. The zero-order valence-electron chi connectivity index (χ0n) is 14.5. The first-order chi connectivity index (χ1) is 12.1. The van der Waals surface area contributed by atoms with E-state index in [1.807, 2.05) is 43.8 Å². The van der Waals surface area contributed by atoms with E-state index in [1.54, 1.807) is 6.20 Å². The molecule has 0 unspecified atom stereocenters. The number of ether oxygens (including phenoxy) is 1. The highest BCUT2D eigenvalue weighted by Crippen LogP contribution is 2.33. The first-order valence-corrected chi connectivity index (χ1v) is 8.41. The van der Waals surface area contributed by atoms with Gasteiger partial charge in [0.2, 0.25) is 0 Å². The van der Waals surface area contributed by atoms with E-state index in [-0.39, 0.29) is 18.1 Å². The van der Waals surface area contributed by atoms with Crippen molar-refractivity contribution in [2.24, 2.45) is 7.05 Å². The van der Waals surface area contributed by atoms with Gasteiger partial charge in [-0.05, 0) is 32.4 Å². The van der Waals surface area contributed by atoms with Gasteiger partial charge in [0.25, 0.3) is 5.91 Å². The summed E-state index contributed by atoms with van der Waals surface area (Å²) >= 11 is 0. The Balaban J connectivity index is 1.61. The minimum Gasteiger partial charge on any atom is -0.371 e. The lowest BCUT2D eigenvalue weighted by Gasteiger charge is -2.21. The zero-order chi connectivity index (χ0) is 17.6. The highest BCUT2D eigenvalue weighted by atomic mass is 16.5. The molecule has 1 amide bonds. The number of carbonyl (C=O) groups is 1. The van der Waals surface area contributed by atoms with Crippen LogP contribution in [-0.4, -0.2) is 38.5 Å². The summed E-state index contributed by atoms with van der Waals surface area (Å²) in [6.07, 6.45) is 2.30. The van der Waals surface area contributed by atoms with Gasteiger partial charge < -0.3 is 10.1 Å². The molecule has 2 N–H and O–H groups in total. The molecule has 0 bridgehead atoms. The van der Waals surface area contributed by atoms with E-state index >= 15 is 0 Å². The van der Waals surface area contributed by atoms with Crippen LogP contribution >= 0.6 is 0 Å². The van der Waals surface area contributed by atoms with Crippen LogP contribution in [0.25, 0.3) is 10.9 Å². The number of nitrogens with zero attached hydrogens (tertiary/aromatic N) is 3. The van der Waals surface area contributed by atoms with Crippen LogP contribution in [0, 0.1) is 13.8 Å². The second-order valence-electron chi connectivity index (χ2n) is 6.50. The fourth-order valence-corrected chi connectivity index (χ4v) is 3.64. The quantitative estimate of drug-likeness (QED) is 0.766. The summed E-state index contributed by atoms with van der Waals surface area (Å²) in [5.74, 6) is -0.105. The summed E-state index contributed by atoms with van der Waals surface area (Å²) in [6.45, 7) is 4.64. The van der Waals surface area contributed by atoms with E-state index in [2.05, 4.69) is 20.6 Å². The van der Waals surface area contributed by atoms with Crippen LogP contribution in [0.5, 0.6) is 0 Å². The molecule has 7 nitrogen and oxygen atoms in total. The average Bonchev–Trinajstić information content (AvgIpc) is 3.28. The van der Waals surface area contributed by atoms with E-state index in [0.29, 0.717) is 12.2 Å². The van der Waals surface area contributed by atoms with E-state index in [1.165, 1.54) is 0 Å². The lowest BCUT2D eigenvalue weighted by atomic mass is 9.99. The number of hydrogen-bond donors (Lipinski definition) is 2. The topological polar surface area (TPSA) is 84.8 Å². The summed E-state index contributed by atoms with van der Waals surface area (Å²) in [5, 5.41) is 15.4. The molecule has 2 aromatic heterocycles. The molecule has 25 heavy (non-hydrogen) atoms. The van der Waals surface area contributed by atoms with Gasteiger partial charge in [-0.1, -0.05) is 6.07 Å². The molecular formula is C18H21N5O2. The van der Waals surface area contributed by atoms with Crippen LogP contribution in [0.4, 0.5) is 0 Å². The number of aryl methyl sites for hydroxylation is 2. The second-order valence-corrected chi connectivity index (χ2v) is 6.50. The smallest absolute Gasteiger partial charge is 0.252 e. The van der Waals surface area contributed by atoms with E-state index < -0.39 is 0 Å². The van der Waals surface area contributed by atoms with Crippen molar-refractivity contribution < 1.29 is 9.53 Å². The van der Waals surface area contributed by atoms with Gasteiger partial charge in [0, 0.05) is 30.3 Å². The third kappa shape index (κ3) is 2.60. The highest BCUT2D eigenvalue weighted by Gasteiger charge is 2.34. The van der Waals surface area contributed by atoms with E-state index in [9.17, 15) is 4.79 Å². The minimum atomic E-state index is -0.166. The van der Waals surface area contributed by atoms with Gasteiger partial charge in [-0.2, -0.15) is 10.2 Å². The van der Waals surface area contributed by atoms with E-state index in [0.717, 1.165) is 34.3 Å². The van der Waals surface area contributed by atoms with Gasteiger partial charge in [0.05, 0.1) is 29.0 Å². The lowest BCUT2D eigenvalue weighted by molar-refractivity contribution is 0.0818. The maximum atomic E-state index is 12.8. The Hall–Kier alpha value is -2.67. The van der Waals surface area contributed by atoms with Crippen molar-refractivity contribution in [1.29, 1.82) is 0 Å². The van der Waals surface area contributed by atoms with Crippen molar-refractivity contribution >= 4 is 16.8 Å². The molecule has 1 saturated heterocycles. The fraction of sp³-hybridized carbons (Fsp3) is 0.389. The number of aromatic amines is 1. The van der Waals surface area contributed by atoms with Crippen LogP contribution in [0.2, 0.25) is 0 Å². The summed E-state index contributed by atoms with van der Waals surface area (Å²) in [4.78, 5) is 12.8. The molecule has 7 heteroatoms. The van der Waals surface area contributed by atoms with Crippen LogP contribution < -0.4 is 5.32 Å². The van der Waals surface area contributed by atoms with Gasteiger partial charge in [0.1, 0.15) is 6.10 Å². The molecule has 0 radical (unpaired) electrons. The summed E-state index contributed by atoms with van der Waals surface area (Å²) in [5.41, 5.74) is 4.57. The molecule has 0 saturated carbocycles. The molecule has 1 aliphatic heterocycles. The first kappa shape index (κ1) is 15.8. The average molecular weight is 339 g/mol. The normalized spacial score (nSPS) is 20.3. The summed E-state index contributed by atoms with van der Waals surface area (Å²) in [7, 11) is 1.92. The van der Waals surface area contributed by atoms with Crippen molar-refractivity contribution in [2.75, 3.05) is 6.61 Å². The fourth-order valence-electron chi connectivity index (χ4n) is 3.64. The standard InChI is InChI=1S/C18H21N5O2/c1-10-16(11(2)23(3)22-10)17-15(7-8-25-17)20-18(24)12-5-4-6-14-13(12)9-19-21-14/h4-6,9,15,17H,7-8H2,1-3H3,(H,19,21)(H,20,24)/t15-,17-/m0/s1. The molecule has 1 aromatic carbocycles. The van der Waals surface area contributed by atoms with Gasteiger partial charge in [-0.3, -0.25) is 14.6 Å². The maximum Gasteiger partial charge on any atom is 0.252 e. The number of fused-ring (bicyclic) bond motifs is 1. The van der Waals surface area contributed by atoms with Crippen LogP contribution in [0.15, 0.2) is 24.4 Å². The summed E-state index contributed by atoms with van der Waals surface area (Å²) < 4.78 is 7.81.